The van der Waals surface area contributed by atoms with Crippen molar-refractivity contribution in [2.75, 3.05) is 0 Å². The number of aryl methyl sites for hydroxylation is 1. The first-order valence-electron chi connectivity index (χ1n) is 7.85. The van der Waals surface area contributed by atoms with E-state index in [2.05, 4.69) is 15.5 Å². The normalized spacial score (nSPS) is 10.8. The smallest absolute Gasteiger partial charge is 0.258 e. The SMILES string of the molecule is Cc1ccc(-c2nc(-c3cccc(C(=O)NC(C)C)c3)no2)cc1. The first kappa shape index (κ1) is 15.9. The second-order valence-corrected chi connectivity index (χ2v) is 6.00. The zero-order valence-electron chi connectivity index (χ0n) is 13.9. The molecule has 0 saturated carbocycles. The summed E-state index contributed by atoms with van der Waals surface area (Å²) in [6.45, 7) is 5.88. The van der Waals surface area contributed by atoms with Crippen molar-refractivity contribution < 1.29 is 9.32 Å². The minimum absolute atomic E-state index is 0.0828. The Morgan fingerprint density at radius 1 is 1.08 bits per heavy atom. The van der Waals surface area contributed by atoms with Crippen LogP contribution in [0.2, 0.25) is 0 Å². The van der Waals surface area contributed by atoms with Crippen LogP contribution in [0.15, 0.2) is 53.1 Å². The van der Waals surface area contributed by atoms with E-state index < -0.39 is 0 Å². The molecule has 1 amide bonds. The Kier molecular flexibility index (Phi) is 4.42. The highest BCUT2D eigenvalue weighted by atomic mass is 16.5. The van der Waals surface area contributed by atoms with Gasteiger partial charge in [-0.2, -0.15) is 4.98 Å². The molecule has 0 saturated heterocycles. The molecule has 122 valence electrons. The molecular weight excluding hydrogens is 302 g/mol. The van der Waals surface area contributed by atoms with E-state index >= 15 is 0 Å². The van der Waals surface area contributed by atoms with Crippen molar-refractivity contribution in [3.05, 3.63) is 59.7 Å². The van der Waals surface area contributed by atoms with E-state index in [0.717, 1.165) is 11.1 Å². The average Bonchev–Trinajstić information content (AvgIpc) is 3.05. The molecule has 24 heavy (non-hydrogen) atoms. The van der Waals surface area contributed by atoms with Gasteiger partial charge in [-0.05, 0) is 45.0 Å². The third-order valence-corrected chi connectivity index (χ3v) is 3.53. The van der Waals surface area contributed by atoms with E-state index in [9.17, 15) is 4.79 Å². The Morgan fingerprint density at radius 2 is 1.83 bits per heavy atom. The number of hydrogen-bond acceptors (Lipinski definition) is 4. The van der Waals surface area contributed by atoms with E-state index in [1.165, 1.54) is 5.56 Å². The third-order valence-electron chi connectivity index (χ3n) is 3.53. The van der Waals surface area contributed by atoms with Gasteiger partial charge in [0.25, 0.3) is 11.8 Å². The van der Waals surface area contributed by atoms with E-state index in [0.29, 0.717) is 17.3 Å². The number of hydrogen-bond donors (Lipinski definition) is 1. The molecule has 0 atom stereocenters. The number of aromatic nitrogens is 2. The highest BCUT2D eigenvalue weighted by molar-refractivity contribution is 5.95. The highest BCUT2D eigenvalue weighted by Crippen LogP contribution is 2.23. The van der Waals surface area contributed by atoms with E-state index in [-0.39, 0.29) is 11.9 Å². The lowest BCUT2D eigenvalue weighted by molar-refractivity contribution is 0.0943. The summed E-state index contributed by atoms with van der Waals surface area (Å²) in [5, 5.41) is 6.90. The molecule has 0 radical (unpaired) electrons. The molecule has 0 fully saturated rings. The molecule has 5 heteroatoms. The monoisotopic (exact) mass is 321 g/mol. The van der Waals surface area contributed by atoms with Crippen LogP contribution in [0.1, 0.15) is 29.8 Å². The van der Waals surface area contributed by atoms with Crippen molar-refractivity contribution in [3.8, 4) is 22.8 Å². The zero-order chi connectivity index (χ0) is 17.1. The van der Waals surface area contributed by atoms with Crippen molar-refractivity contribution in [1.82, 2.24) is 15.5 Å². The van der Waals surface area contributed by atoms with E-state index in [1.807, 2.05) is 57.2 Å². The molecule has 3 rings (SSSR count). The number of nitrogens with one attached hydrogen (secondary N) is 1. The van der Waals surface area contributed by atoms with Crippen LogP contribution >= 0.6 is 0 Å². The molecule has 0 bridgehead atoms. The maximum atomic E-state index is 12.1. The van der Waals surface area contributed by atoms with Crippen LogP contribution in [0.25, 0.3) is 22.8 Å². The third kappa shape index (κ3) is 3.51. The quantitative estimate of drug-likeness (QED) is 0.792. The zero-order valence-corrected chi connectivity index (χ0v) is 13.9. The number of carbonyl (C=O) groups is 1. The van der Waals surface area contributed by atoms with Crippen molar-refractivity contribution >= 4 is 5.91 Å². The lowest BCUT2D eigenvalue weighted by atomic mass is 10.1. The Morgan fingerprint density at radius 3 is 2.54 bits per heavy atom. The minimum atomic E-state index is -0.117. The van der Waals surface area contributed by atoms with Gasteiger partial charge in [0.15, 0.2) is 0 Å². The summed E-state index contributed by atoms with van der Waals surface area (Å²) in [7, 11) is 0. The van der Waals surface area contributed by atoms with Crippen LogP contribution in [0.3, 0.4) is 0 Å². The Balaban J connectivity index is 1.87. The molecule has 0 aliphatic rings. The summed E-state index contributed by atoms with van der Waals surface area (Å²) in [5.74, 6) is 0.806. The lowest BCUT2D eigenvalue weighted by Crippen LogP contribution is -2.30. The van der Waals surface area contributed by atoms with Gasteiger partial charge < -0.3 is 9.84 Å². The molecular formula is C19H19N3O2. The second kappa shape index (κ2) is 6.66. The first-order chi connectivity index (χ1) is 11.5. The molecule has 3 aromatic rings. The summed E-state index contributed by atoms with van der Waals surface area (Å²) < 4.78 is 5.35. The fourth-order valence-electron chi connectivity index (χ4n) is 2.30. The maximum Gasteiger partial charge on any atom is 0.258 e. The molecule has 0 aliphatic carbocycles. The largest absolute Gasteiger partial charge is 0.350 e. The molecule has 1 N–H and O–H groups in total. The Labute approximate surface area is 140 Å². The van der Waals surface area contributed by atoms with Crippen molar-refractivity contribution in [3.63, 3.8) is 0 Å². The molecule has 5 nitrogen and oxygen atoms in total. The van der Waals surface area contributed by atoms with Crippen molar-refractivity contribution in [1.29, 1.82) is 0 Å². The topological polar surface area (TPSA) is 68.0 Å². The maximum absolute atomic E-state index is 12.1. The van der Waals surface area contributed by atoms with E-state index in [4.69, 9.17) is 4.52 Å². The second-order valence-electron chi connectivity index (χ2n) is 6.00. The minimum Gasteiger partial charge on any atom is -0.350 e. The molecule has 0 spiro atoms. The molecule has 1 heterocycles. The summed E-state index contributed by atoms with van der Waals surface area (Å²) >= 11 is 0. The van der Waals surface area contributed by atoms with Crippen LogP contribution in [0.5, 0.6) is 0 Å². The summed E-state index contributed by atoms with van der Waals surface area (Å²) in [4.78, 5) is 16.6. The van der Waals surface area contributed by atoms with Gasteiger partial charge in [-0.1, -0.05) is 35.0 Å². The van der Waals surface area contributed by atoms with Crippen LogP contribution in [0, 0.1) is 6.92 Å². The van der Waals surface area contributed by atoms with Gasteiger partial charge in [-0.25, -0.2) is 0 Å². The lowest BCUT2D eigenvalue weighted by Gasteiger charge is -2.08. The van der Waals surface area contributed by atoms with Crippen LogP contribution in [0.4, 0.5) is 0 Å². The van der Waals surface area contributed by atoms with E-state index in [1.54, 1.807) is 12.1 Å². The molecule has 1 aromatic heterocycles. The van der Waals surface area contributed by atoms with Crippen molar-refractivity contribution in [2.45, 2.75) is 26.8 Å². The predicted octanol–water partition coefficient (Wildman–Crippen LogP) is 3.85. The van der Waals surface area contributed by atoms with Gasteiger partial charge in [0.05, 0.1) is 0 Å². The van der Waals surface area contributed by atoms with Crippen LogP contribution < -0.4 is 5.32 Å². The van der Waals surface area contributed by atoms with Gasteiger partial charge in [0, 0.05) is 22.7 Å². The average molecular weight is 321 g/mol. The standard InChI is InChI=1S/C19H19N3O2/c1-12(2)20-18(23)16-6-4-5-15(11-16)17-21-19(24-22-17)14-9-7-13(3)8-10-14/h4-12H,1-3H3,(H,20,23). The van der Waals surface area contributed by atoms with Crippen molar-refractivity contribution in [2.24, 2.45) is 0 Å². The number of rotatable bonds is 4. The number of amides is 1. The van der Waals surface area contributed by atoms with Crippen LogP contribution in [-0.4, -0.2) is 22.1 Å². The van der Waals surface area contributed by atoms with Gasteiger partial charge in [0.1, 0.15) is 0 Å². The number of benzene rings is 2. The molecule has 0 unspecified atom stereocenters. The fraction of sp³-hybridized carbons (Fsp3) is 0.211. The summed E-state index contributed by atoms with van der Waals surface area (Å²) in [6.07, 6.45) is 0. The Hall–Kier alpha value is -2.95. The Bertz CT molecular complexity index is 851. The first-order valence-corrected chi connectivity index (χ1v) is 7.85. The number of carbonyl (C=O) groups excluding carboxylic acids is 1. The summed E-state index contributed by atoms with van der Waals surface area (Å²) in [5.41, 5.74) is 3.35. The van der Waals surface area contributed by atoms with Gasteiger partial charge >= 0.3 is 0 Å². The number of nitrogens with zero attached hydrogens (tertiary/aromatic N) is 2. The molecule has 2 aromatic carbocycles. The van der Waals surface area contributed by atoms with Gasteiger partial charge in [0.2, 0.25) is 5.82 Å². The van der Waals surface area contributed by atoms with Crippen LogP contribution in [-0.2, 0) is 0 Å². The predicted molar refractivity (Wildman–Crippen MR) is 92.5 cm³/mol. The summed E-state index contributed by atoms with van der Waals surface area (Å²) in [6, 6.07) is 15.2. The molecule has 0 aliphatic heterocycles. The van der Waals surface area contributed by atoms with Gasteiger partial charge in [-0.15, -0.1) is 0 Å². The fourth-order valence-corrected chi connectivity index (χ4v) is 2.30. The van der Waals surface area contributed by atoms with Gasteiger partial charge in [-0.3, -0.25) is 4.79 Å². The highest BCUT2D eigenvalue weighted by Gasteiger charge is 2.13.